The van der Waals surface area contributed by atoms with Crippen molar-refractivity contribution in [3.05, 3.63) is 47.5 Å². The van der Waals surface area contributed by atoms with E-state index in [0.717, 1.165) is 16.9 Å². The van der Waals surface area contributed by atoms with Crippen LogP contribution < -0.4 is 20.5 Å². The number of ether oxygens (including phenoxy) is 2. The summed E-state index contributed by atoms with van der Waals surface area (Å²) in [6, 6.07) is 11.1. The van der Waals surface area contributed by atoms with Crippen LogP contribution in [0, 0.1) is 6.92 Å². The monoisotopic (exact) mass is 328 g/mol. The third kappa shape index (κ3) is 4.41. The van der Waals surface area contributed by atoms with Gasteiger partial charge in [0.15, 0.2) is 6.61 Å². The van der Waals surface area contributed by atoms with Gasteiger partial charge in [-0.3, -0.25) is 4.79 Å². The third-order valence-electron chi connectivity index (χ3n) is 3.68. The molecule has 0 radical (unpaired) electrons. The summed E-state index contributed by atoms with van der Waals surface area (Å²) < 4.78 is 10.9. The minimum atomic E-state index is -0.272. The molecule has 2 rings (SSSR count). The second-order valence-corrected chi connectivity index (χ2v) is 5.99. The Kier molecular flexibility index (Phi) is 5.68. The molecule has 128 valence electrons. The Morgan fingerprint density at radius 1 is 1.21 bits per heavy atom. The van der Waals surface area contributed by atoms with Crippen molar-refractivity contribution in [2.75, 3.05) is 24.8 Å². The number of rotatable bonds is 6. The zero-order chi connectivity index (χ0) is 17.7. The number of benzene rings is 2. The molecule has 24 heavy (non-hydrogen) atoms. The van der Waals surface area contributed by atoms with E-state index >= 15 is 0 Å². The molecular weight excluding hydrogens is 304 g/mol. The number of carbonyl (C=O) groups is 1. The van der Waals surface area contributed by atoms with E-state index in [1.165, 1.54) is 0 Å². The van der Waals surface area contributed by atoms with E-state index < -0.39 is 0 Å². The first-order valence-corrected chi connectivity index (χ1v) is 7.87. The molecule has 0 aliphatic heterocycles. The van der Waals surface area contributed by atoms with Crippen LogP contribution in [0.5, 0.6) is 11.5 Å². The Labute approximate surface area is 142 Å². The number of aryl methyl sites for hydroxylation is 1. The molecule has 0 unspecified atom stereocenters. The Bertz CT molecular complexity index is 727. The van der Waals surface area contributed by atoms with Crippen molar-refractivity contribution < 1.29 is 14.3 Å². The van der Waals surface area contributed by atoms with Crippen molar-refractivity contribution >= 4 is 17.3 Å². The van der Waals surface area contributed by atoms with E-state index in [2.05, 4.69) is 19.2 Å². The molecule has 0 atom stereocenters. The summed E-state index contributed by atoms with van der Waals surface area (Å²) in [5.74, 6) is 1.41. The topological polar surface area (TPSA) is 73.6 Å². The van der Waals surface area contributed by atoms with Crippen LogP contribution in [0.1, 0.15) is 30.9 Å². The van der Waals surface area contributed by atoms with E-state index in [1.807, 2.05) is 25.1 Å². The smallest absolute Gasteiger partial charge is 0.262 e. The molecule has 0 aliphatic carbocycles. The van der Waals surface area contributed by atoms with Gasteiger partial charge in [-0.2, -0.15) is 0 Å². The molecule has 0 aliphatic rings. The lowest BCUT2D eigenvalue weighted by atomic mass is 10.0. The van der Waals surface area contributed by atoms with Gasteiger partial charge in [0.2, 0.25) is 0 Å². The fourth-order valence-corrected chi connectivity index (χ4v) is 2.34. The first-order chi connectivity index (χ1) is 11.4. The van der Waals surface area contributed by atoms with Gasteiger partial charge in [-0.05, 0) is 42.2 Å². The summed E-state index contributed by atoms with van der Waals surface area (Å²) in [4.78, 5) is 12.2. The number of anilines is 2. The Hall–Kier alpha value is -2.69. The second kappa shape index (κ2) is 7.73. The molecule has 2 aromatic carbocycles. The van der Waals surface area contributed by atoms with Gasteiger partial charge in [-0.15, -0.1) is 0 Å². The minimum absolute atomic E-state index is 0.0835. The van der Waals surface area contributed by atoms with E-state index in [-0.39, 0.29) is 12.5 Å². The number of hydrogen-bond donors (Lipinski definition) is 2. The molecule has 0 spiro atoms. The number of carbonyl (C=O) groups excluding carboxylic acids is 1. The van der Waals surface area contributed by atoms with Crippen LogP contribution in [-0.2, 0) is 4.79 Å². The summed E-state index contributed by atoms with van der Waals surface area (Å²) in [5, 5.41) is 2.75. The fourth-order valence-electron chi connectivity index (χ4n) is 2.34. The van der Waals surface area contributed by atoms with Gasteiger partial charge in [0.05, 0.1) is 18.5 Å². The lowest BCUT2D eigenvalue weighted by molar-refractivity contribution is -0.118. The fraction of sp³-hybridized carbons (Fsp3) is 0.316. The highest BCUT2D eigenvalue weighted by molar-refractivity contribution is 5.95. The summed E-state index contributed by atoms with van der Waals surface area (Å²) in [5.41, 5.74) is 9.03. The van der Waals surface area contributed by atoms with Crippen LogP contribution in [0.4, 0.5) is 11.4 Å². The zero-order valence-electron chi connectivity index (χ0n) is 14.6. The van der Waals surface area contributed by atoms with Crippen molar-refractivity contribution in [3.8, 4) is 11.5 Å². The number of amides is 1. The Morgan fingerprint density at radius 2 is 1.96 bits per heavy atom. The zero-order valence-corrected chi connectivity index (χ0v) is 14.6. The quantitative estimate of drug-likeness (QED) is 0.793. The maximum absolute atomic E-state index is 12.2. The Balaban J connectivity index is 2.05. The number of nitrogens with two attached hydrogens (primary N) is 1. The van der Waals surface area contributed by atoms with Crippen molar-refractivity contribution in [1.82, 2.24) is 0 Å². The number of methoxy groups -OCH3 is 1. The second-order valence-electron chi connectivity index (χ2n) is 5.99. The van der Waals surface area contributed by atoms with E-state index in [1.54, 1.807) is 25.3 Å². The first-order valence-electron chi connectivity index (χ1n) is 7.87. The summed E-state index contributed by atoms with van der Waals surface area (Å²) in [7, 11) is 1.56. The molecule has 2 aromatic rings. The first kappa shape index (κ1) is 17.7. The maximum atomic E-state index is 12.2. The molecule has 1 amide bonds. The van der Waals surface area contributed by atoms with Gasteiger partial charge in [-0.1, -0.05) is 26.0 Å². The van der Waals surface area contributed by atoms with Crippen LogP contribution in [0.2, 0.25) is 0 Å². The standard InChI is InChI=1S/C19H24N2O3/c1-12(2)15-7-5-13(3)9-18(15)24-11-19(22)21-17-10-14(23-4)6-8-16(17)20/h5-10,12H,11,20H2,1-4H3,(H,21,22). The number of nitrogens with one attached hydrogen (secondary N) is 1. The summed E-state index contributed by atoms with van der Waals surface area (Å²) >= 11 is 0. The lowest BCUT2D eigenvalue weighted by Crippen LogP contribution is -2.21. The van der Waals surface area contributed by atoms with Crippen molar-refractivity contribution in [2.24, 2.45) is 0 Å². The van der Waals surface area contributed by atoms with Gasteiger partial charge in [0.25, 0.3) is 5.91 Å². The van der Waals surface area contributed by atoms with Crippen LogP contribution in [0.25, 0.3) is 0 Å². The van der Waals surface area contributed by atoms with Gasteiger partial charge in [0.1, 0.15) is 11.5 Å². The van der Waals surface area contributed by atoms with Gasteiger partial charge in [-0.25, -0.2) is 0 Å². The molecule has 0 heterocycles. The molecule has 0 saturated heterocycles. The predicted octanol–water partition coefficient (Wildman–Crippen LogP) is 3.73. The Morgan fingerprint density at radius 3 is 2.62 bits per heavy atom. The summed E-state index contributed by atoms with van der Waals surface area (Å²) in [6.45, 7) is 6.09. The highest BCUT2D eigenvalue weighted by atomic mass is 16.5. The van der Waals surface area contributed by atoms with Crippen LogP contribution in [0.3, 0.4) is 0 Å². The summed E-state index contributed by atoms with van der Waals surface area (Å²) in [6.07, 6.45) is 0. The average Bonchev–Trinajstić information content (AvgIpc) is 2.54. The van der Waals surface area contributed by atoms with Gasteiger partial charge >= 0.3 is 0 Å². The number of nitrogen functional groups attached to an aromatic ring is 1. The van der Waals surface area contributed by atoms with Crippen LogP contribution >= 0.6 is 0 Å². The highest BCUT2D eigenvalue weighted by Crippen LogP contribution is 2.28. The molecule has 3 N–H and O–H groups in total. The molecule has 0 aromatic heterocycles. The minimum Gasteiger partial charge on any atom is -0.497 e. The van der Waals surface area contributed by atoms with Gasteiger partial charge in [0, 0.05) is 6.07 Å². The van der Waals surface area contributed by atoms with Crippen molar-refractivity contribution in [3.63, 3.8) is 0 Å². The molecular formula is C19H24N2O3. The van der Waals surface area contributed by atoms with Crippen LogP contribution in [-0.4, -0.2) is 19.6 Å². The molecule has 0 fully saturated rings. The lowest BCUT2D eigenvalue weighted by Gasteiger charge is -2.15. The van der Waals surface area contributed by atoms with E-state index in [0.29, 0.717) is 23.0 Å². The third-order valence-corrected chi connectivity index (χ3v) is 3.68. The maximum Gasteiger partial charge on any atom is 0.262 e. The van der Waals surface area contributed by atoms with E-state index in [9.17, 15) is 4.79 Å². The largest absolute Gasteiger partial charge is 0.497 e. The van der Waals surface area contributed by atoms with Crippen LogP contribution in [0.15, 0.2) is 36.4 Å². The highest BCUT2D eigenvalue weighted by Gasteiger charge is 2.11. The molecule has 0 saturated carbocycles. The molecule has 0 bridgehead atoms. The van der Waals surface area contributed by atoms with Gasteiger partial charge < -0.3 is 20.5 Å². The molecule has 5 heteroatoms. The molecule has 5 nitrogen and oxygen atoms in total. The van der Waals surface area contributed by atoms with Crippen molar-refractivity contribution in [2.45, 2.75) is 26.7 Å². The van der Waals surface area contributed by atoms with Crippen molar-refractivity contribution in [1.29, 1.82) is 0 Å². The predicted molar refractivity (Wildman–Crippen MR) is 96.8 cm³/mol. The normalized spacial score (nSPS) is 10.5. The number of hydrogen-bond acceptors (Lipinski definition) is 4. The van der Waals surface area contributed by atoms with E-state index in [4.69, 9.17) is 15.2 Å². The SMILES string of the molecule is COc1ccc(N)c(NC(=O)COc2cc(C)ccc2C(C)C)c1. The average molecular weight is 328 g/mol.